The summed E-state index contributed by atoms with van der Waals surface area (Å²) in [5.41, 5.74) is 2.85. The number of nitrogens with one attached hydrogen (secondary N) is 1. The molecular weight excluding hydrogens is 220 g/mol. The Kier molecular flexibility index (Phi) is 2.12. The second-order valence-electron chi connectivity index (χ2n) is 3.67. The van der Waals surface area contributed by atoms with E-state index in [0.717, 1.165) is 19.3 Å². The van der Waals surface area contributed by atoms with Crippen LogP contribution in [-0.2, 0) is 4.79 Å². The van der Waals surface area contributed by atoms with E-state index in [1.54, 1.807) is 0 Å². The Morgan fingerprint density at radius 3 is 3.08 bits per heavy atom. The molecule has 68 valence electrons. The van der Waals surface area contributed by atoms with Crippen LogP contribution in [0.3, 0.4) is 0 Å². The van der Waals surface area contributed by atoms with Crippen molar-refractivity contribution in [3.63, 3.8) is 0 Å². The van der Waals surface area contributed by atoms with Crippen molar-refractivity contribution in [1.82, 2.24) is 10.4 Å². The van der Waals surface area contributed by atoms with Crippen molar-refractivity contribution in [2.45, 2.75) is 30.1 Å². The van der Waals surface area contributed by atoms with E-state index < -0.39 is 0 Å². The number of hydrogen-bond donors (Lipinski definition) is 1. The first-order valence-electron chi connectivity index (χ1n) is 4.36. The van der Waals surface area contributed by atoms with Crippen LogP contribution in [0, 0.1) is 5.92 Å². The molecule has 0 spiro atoms. The normalized spacial score (nSPS) is 42.5. The molecule has 1 aliphatic heterocycles. The molecule has 2 aliphatic rings. The average molecular weight is 233 g/mol. The van der Waals surface area contributed by atoms with Gasteiger partial charge in [0.15, 0.2) is 0 Å². The van der Waals surface area contributed by atoms with Crippen LogP contribution >= 0.6 is 15.9 Å². The Bertz CT molecular complexity index is 209. The molecular formula is C8H13BrN2O. The summed E-state index contributed by atoms with van der Waals surface area (Å²) in [5, 5.41) is 1.96. The molecule has 1 aliphatic carbocycles. The van der Waals surface area contributed by atoms with Crippen LogP contribution in [0.25, 0.3) is 0 Å². The summed E-state index contributed by atoms with van der Waals surface area (Å²) in [6, 6.07) is 0.413. The van der Waals surface area contributed by atoms with Crippen LogP contribution < -0.4 is 5.43 Å². The number of hydrazine groups is 1. The van der Waals surface area contributed by atoms with E-state index >= 15 is 0 Å². The molecule has 3 unspecified atom stereocenters. The molecule has 1 N–H and O–H groups in total. The monoisotopic (exact) mass is 232 g/mol. The van der Waals surface area contributed by atoms with Crippen molar-refractivity contribution in [2.75, 3.05) is 7.05 Å². The first-order valence-corrected chi connectivity index (χ1v) is 5.27. The van der Waals surface area contributed by atoms with Gasteiger partial charge < -0.3 is 0 Å². The van der Waals surface area contributed by atoms with Gasteiger partial charge in [0.1, 0.15) is 0 Å². The molecule has 0 bridgehead atoms. The van der Waals surface area contributed by atoms with Crippen LogP contribution in [0.4, 0.5) is 0 Å². The standard InChI is InChI=1S/C8H13BrN2O/c1-11-7-4-5(9)2-3-6(7)8(12)10-11/h5-7H,2-4H2,1H3,(H,10,12). The van der Waals surface area contributed by atoms with Gasteiger partial charge in [0.05, 0.1) is 5.92 Å². The van der Waals surface area contributed by atoms with E-state index in [0.29, 0.717) is 10.9 Å². The van der Waals surface area contributed by atoms with E-state index in [9.17, 15) is 4.79 Å². The molecule has 0 aromatic carbocycles. The van der Waals surface area contributed by atoms with Crippen molar-refractivity contribution in [3.8, 4) is 0 Å². The highest BCUT2D eigenvalue weighted by Crippen LogP contribution is 2.34. The molecule has 0 aromatic rings. The number of carbonyl (C=O) groups excluding carboxylic acids is 1. The average Bonchev–Trinajstić information content (AvgIpc) is 2.28. The van der Waals surface area contributed by atoms with Gasteiger partial charge in [0.25, 0.3) is 0 Å². The number of nitrogens with zero attached hydrogens (tertiary/aromatic N) is 1. The van der Waals surface area contributed by atoms with Gasteiger partial charge >= 0.3 is 0 Å². The zero-order valence-electron chi connectivity index (χ0n) is 7.09. The topological polar surface area (TPSA) is 32.3 Å². The Morgan fingerprint density at radius 1 is 1.58 bits per heavy atom. The summed E-state index contributed by atoms with van der Waals surface area (Å²) >= 11 is 3.61. The molecule has 2 rings (SSSR count). The number of fused-ring (bicyclic) bond motifs is 1. The summed E-state index contributed by atoms with van der Waals surface area (Å²) in [6.45, 7) is 0. The van der Waals surface area contributed by atoms with Crippen molar-refractivity contribution in [1.29, 1.82) is 0 Å². The van der Waals surface area contributed by atoms with E-state index in [-0.39, 0.29) is 11.8 Å². The van der Waals surface area contributed by atoms with Gasteiger partial charge in [-0.15, -0.1) is 0 Å². The fraction of sp³-hybridized carbons (Fsp3) is 0.875. The van der Waals surface area contributed by atoms with Gasteiger partial charge in [-0.05, 0) is 19.3 Å². The molecule has 3 atom stereocenters. The smallest absolute Gasteiger partial charge is 0.239 e. The third-order valence-electron chi connectivity index (χ3n) is 2.87. The lowest BCUT2D eigenvalue weighted by molar-refractivity contribution is -0.123. The van der Waals surface area contributed by atoms with Crippen molar-refractivity contribution >= 4 is 21.8 Å². The van der Waals surface area contributed by atoms with E-state index in [1.165, 1.54) is 0 Å². The third kappa shape index (κ3) is 1.27. The quantitative estimate of drug-likeness (QED) is 0.630. The molecule has 4 heteroatoms. The second kappa shape index (κ2) is 3.00. The Labute approximate surface area is 80.6 Å². The van der Waals surface area contributed by atoms with Crippen LogP contribution in [-0.4, -0.2) is 28.8 Å². The predicted octanol–water partition coefficient (Wildman–Crippen LogP) is 0.895. The van der Waals surface area contributed by atoms with Gasteiger partial charge in [-0.2, -0.15) is 0 Å². The molecule has 2 fully saturated rings. The number of hydrogen-bond acceptors (Lipinski definition) is 2. The highest BCUT2D eigenvalue weighted by atomic mass is 79.9. The van der Waals surface area contributed by atoms with E-state index in [4.69, 9.17) is 0 Å². The van der Waals surface area contributed by atoms with Gasteiger partial charge in [-0.3, -0.25) is 10.2 Å². The number of halogens is 1. The maximum atomic E-state index is 11.4. The Morgan fingerprint density at radius 2 is 2.33 bits per heavy atom. The third-order valence-corrected chi connectivity index (χ3v) is 3.71. The Hall–Kier alpha value is -0.0900. The summed E-state index contributed by atoms with van der Waals surface area (Å²) in [4.78, 5) is 11.9. The number of carbonyl (C=O) groups is 1. The van der Waals surface area contributed by atoms with Crippen molar-refractivity contribution in [2.24, 2.45) is 5.92 Å². The van der Waals surface area contributed by atoms with Crippen LogP contribution in [0.15, 0.2) is 0 Å². The molecule has 3 nitrogen and oxygen atoms in total. The van der Waals surface area contributed by atoms with Gasteiger partial charge in [-0.1, -0.05) is 15.9 Å². The minimum absolute atomic E-state index is 0.210. The highest BCUT2D eigenvalue weighted by Gasteiger charge is 2.42. The zero-order valence-corrected chi connectivity index (χ0v) is 8.67. The zero-order chi connectivity index (χ0) is 8.72. The van der Waals surface area contributed by atoms with Crippen LogP contribution in [0.5, 0.6) is 0 Å². The maximum Gasteiger partial charge on any atom is 0.239 e. The van der Waals surface area contributed by atoms with Gasteiger partial charge in [0, 0.05) is 17.9 Å². The summed E-state index contributed by atoms with van der Waals surface area (Å²) in [6.07, 6.45) is 3.24. The van der Waals surface area contributed by atoms with Gasteiger partial charge in [0.2, 0.25) is 5.91 Å². The molecule has 1 heterocycles. The number of amides is 1. The Balaban J connectivity index is 2.12. The fourth-order valence-corrected chi connectivity index (χ4v) is 2.82. The molecule has 0 aromatic heterocycles. The SMILES string of the molecule is CN1NC(=O)C2CCC(Br)CC21. The lowest BCUT2D eigenvalue weighted by Crippen LogP contribution is -2.38. The second-order valence-corrected chi connectivity index (χ2v) is 4.97. The largest absolute Gasteiger partial charge is 0.289 e. The summed E-state index contributed by atoms with van der Waals surface area (Å²) in [5.74, 6) is 0.450. The fourth-order valence-electron chi connectivity index (χ4n) is 2.17. The van der Waals surface area contributed by atoms with Crippen LogP contribution in [0.1, 0.15) is 19.3 Å². The molecule has 1 saturated carbocycles. The molecule has 1 saturated heterocycles. The first-order chi connectivity index (χ1) is 5.68. The maximum absolute atomic E-state index is 11.4. The summed E-state index contributed by atoms with van der Waals surface area (Å²) < 4.78 is 0. The van der Waals surface area contributed by atoms with E-state index in [1.807, 2.05) is 12.1 Å². The van der Waals surface area contributed by atoms with Gasteiger partial charge in [-0.25, -0.2) is 5.01 Å². The lowest BCUT2D eigenvalue weighted by atomic mass is 9.85. The molecule has 1 amide bonds. The predicted molar refractivity (Wildman–Crippen MR) is 49.7 cm³/mol. The lowest BCUT2D eigenvalue weighted by Gasteiger charge is -2.29. The highest BCUT2D eigenvalue weighted by molar-refractivity contribution is 9.09. The molecule has 12 heavy (non-hydrogen) atoms. The minimum Gasteiger partial charge on any atom is -0.289 e. The summed E-state index contributed by atoms with van der Waals surface area (Å²) in [7, 11) is 1.95. The molecule has 0 radical (unpaired) electrons. The van der Waals surface area contributed by atoms with Crippen LogP contribution in [0.2, 0.25) is 0 Å². The van der Waals surface area contributed by atoms with E-state index in [2.05, 4.69) is 21.4 Å². The first kappa shape index (κ1) is 8.51. The minimum atomic E-state index is 0.210. The number of alkyl halides is 1. The van der Waals surface area contributed by atoms with Crippen molar-refractivity contribution in [3.05, 3.63) is 0 Å². The van der Waals surface area contributed by atoms with Crippen molar-refractivity contribution < 1.29 is 4.79 Å². The number of rotatable bonds is 0.